The van der Waals surface area contributed by atoms with E-state index in [1.54, 1.807) is 0 Å². The van der Waals surface area contributed by atoms with E-state index in [1.165, 1.54) is 28.2 Å². The van der Waals surface area contributed by atoms with Crippen LogP contribution in [0.3, 0.4) is 0 Å². The van der Waals surface area contributed by atoms with Crippen molar-refractivity contribution in [3.05, 3.63) is 70.8 Å². The van der Waals surface area contributed by atoms with Gasteiger partial charge < -0.3 is 4.57 Å². The summed E-state index contributed by atoms with van der Waals surface area (Å²) in [7, 11) is 0. The Morgan fingerprint density at radius 3 is 2.57 bits per heavy atom. The molecule has 5 heteroatoms. The molecule has 4 rings (SSSR count). The number of fused-ring (bicyclic) bond motifs is 1. The number of benzene rings is 2. The van der Waals surface area contributed by atoms with E-state index in [1.807, 2.05) is 41.3 Å². The maximum Gasteiger partial charge on any atom is 0.266 e. The van der Waals surface area contributed by atoms with Crippen LogP contribution in [0, 0.1) is 6.92 Å². The molecular formula is C25H27N3OS. The Morgan fingerprint density at radius 1 is 1.07 bits per heavy atom. The molecule has 1 aliphatic heterocycles. The van der Waals surface area contributed by atoms with Gasteiger partial charge in [-0.25, -0.2) is 4.99 Å². The number of unbranched alkanes of at least 4 members (excludes halogenated alkanes) is 1. The molecule has 0 aliphatic carbocycles. The van der Waals surface area contributed by atoms with Crippen LogP contribution in [0.15, 0.2) is 64.6 Å². The van der Waals surface area contributed by atoms with Crippen LogP contribution >= 0.6 is 11.8 Å². The number of aliphatic imine (C=N–C) groups is 1. The van der Waals surface area contributed by atoms with Gasteiger partial charge in [-0.15, -0.1) is 0 Å². The van der Waals surface area contributed by atoms with Crippen molar-refractivity contribution in [3.63, 3.8) is 0 Å². The predicted octanol–water partition coefficient (Wildman–Crippen LogP) is 6.37. The summed E-state index contributed by atoms with van der Waals surface area (Å²) in [4.78, 5) is 20.6. The fraction of sp³-hybridized carbons (Fsp3) is 0.280. The first-order valence-electron chi connectivity index (χ1n) is 10.6. The number of amidine groups is 1. The number of nitrogens with zero attached hydrogens (tertiary/aromatic N) is 3. The molecule has 0 unspecified atom stereocenters. The summed E-state index contributed by atoms with van der Waals surface area (Å²) in [6.45, 7) is 7.93. The first-order chi connectivity index (χ1) is 14.6. The van der Waals surface area contributed by atoms with E-state index in [0.717, 1.165) is 40.7 Å². The number of para-hydroxylation sites is 1. The third-order valence-corrected chi connectivity index (χ3v) is 6.34. The number of rotatable bonds is 6. The van der Waals surface area contributed by atoms with E-state index in [0.29, 0.717) is 6.54 Å². The maximum absolute atomic E-state index is 13.2. The molecule has 4 nitrogen and oxygen atoms in total. The van der Waals surface area contributed by atoms with Crippen molar-refractivity contribution in [1.82, 2.24) is 9.47 Å². The lowest BCUT2D eigenvalue weighted by molar-refractivity contribution is -0.122. The number of amides is 1. The molecule has 1 saturated heterocycles. The van der Waals surface area contributed by atoms with Crippen molar-refractivity contribution < 1.29 is 4.79 Å². The Hall–Kier alpha value is -2.79. The highest BCUT2D eigenvalue weighted by Crippen LogP contribution is 2.36. The summed E-state index contributed by atoms with van der Waals surface area (Å²) in [6, 6.07) is 16.5. The summed E-state index contributed by atoms with van der Waals surface area (Å²) in [6.07, 6.45) is 6.16. The molecule has 2 heterocycles. The van der Waals surface area contributed by atoms with E-state index >= 15 is 0 Å². The molecule has 0 atom stereocenters. The number of aromatic nitrogens is 1. The molecule has 2 aromatic carbocycles. The zero-order valence-corrected chi connectivity index (χ0v) is 18.6. The van der Waals surface area contributed by atoms with Gasteiger partial charge in [0.15, 0.2) is 5.17 Å². The minimum Gasteiger partial charge on any atom is -0.347 e. The lowest BCUT2D eigenvalue weighted by atomic mass is 10.1. The summed E-state index contributed by atoms with van der Waals surface area (Å²) < 4.78 is 2.22. The van der Waals surface area contributed by atoms with Gasteiger partial charge in [-0.3, -0.25) is 9.69 Å². The number of aryl methyl sites for hydroxylation is 2. The van der Waals surface area contributed by atoms with Gasteiger partial charge in [0.05, 0.1) is 10.6 Å². The lowest BCUT2D eigenvalue weighted by Crippen LogP contribution is -2.30. The van der Waals surface area contributed by atoms with Crippen molar-refractivity contribution in [3.8, 4) is 0 Å². The number of hydrogen-bond acceptors (Lipinski definition) is 3. The maximum atomic E-state index is 13.2. The van der Waals surface area contributed by atoms with Crippen molar-refractivity contribution in [2.45, 2.75) is 40.2 Å². The van der Waals surface area contributed by atoms with Gasteiger partial charge >= 0.3 is 0 Å². The second-order valence-electron chi connectivity index (χ2n) is 7.54. The van der Waals surface area contributed by atoms with E-state index in [4.69, 9.17) is 4.99 Å². The Labute approximate surface area is 182 Å². The molecule has 1 aliphatic rings. The second kappa shape index (κ2) is 8.92. The quantitative estimate of drug-likeness (QED) is 0.437. The zero-order valence-electron chi connectivity index (χ0n) is 17.8. The third-order valence-electron chi connectivity index (χ3n) is 5.33. The van der Waals surface area contributed by atoms with E-state index in [-0.39, 0.29) is 5.91 Å². The highest BCUT2D eigenvalue weighted by Gasteiger charge is 2.33. The highest BCUT2D eigenvalue weighted by atomic mass is 32.2. The molecule has 1 aromatic heterocycles. The summed E-state index contributed by atoms with van der Waals surface area (Å²) in [5, 5.41) is 1.94. The number of hydrogen-bond donors (Lipinski definition) is 0. The van der Waals surface area contributed by atoms with Crippen LogP contribution in [-0.2, 0) is 11.3 Å². The van der Waals surface area contributed by atoms with Crippen molar-refractivity contribution in [1.29, 1.82) is 0 Å². The molecule has 1 fully saturated rings. The van der Waals surface area contributed by atoms with Crippen LogP contribution in [0.1, 0.15) is 37.8 Å². The van der Waals surface area contributed by atoms with Gasteiger partial charge in [-0.1, -0.05) is 49.2 Å². The smallest absolute Gasteiger partial charge is 0.266 e. The first kappa shape index (κ1) is 20.5. The van der Waals surface area contributed by atoms with Gasteiger partial charge in [0.2, 0.25) is 0 Å². The largest absolute Gasteiger partial charge is 0.347 e. The van der Waals surface area contributed by atoms with Crippen LogP contribution in [0.2, 0.25) is 0 Å². The molecule has 154 valence electrons. The summed E-state index contributed by atoms with van der Waals surface area (Å²) in [5.74, 6) is 0.0487. The van der Waals surface area contributed by atoms with Gasteiger partial charge in [0, 0.05) is 35.8 Å². The molecule has 0 N–H and O–H groups in total. The molecular weight excluding hydrogens is 390 g/mol. The molecule has 3 aromatic rings. The highest BCUT2D eigenvalue weighted by molar-refractivity contribution is 8.18. The van der Waals surface area contributed by atoms with Crippen LogP contribution < -0.4 is 0 Å². The number of carbonyl (C=O) groups excluding carboxylic acids is 1. The van der Waals surface area contributed by atoms with Crippen LogP contribution in [-0.4, -0.2) is 27.1 Å². The molecule has 1 amide bonds. The second-order valence-corrected chi connectivity index (χ2v) is 8.55. The van der Waals surface area contributed by atoms with Gasteiger partial charge in [-0.2, -0.15) is 0 Å². The third kappa shape index (κ3) is 4.08. The first-order valence-corrected chi connectivity index (χ1v) is 11.4. The lowest BCUT2D eigenvalue weighted by Gasteiger charge is -2.14. The molecule has 0 radical (unpaired) electrons. The molecule has 0 spiro atoms. The topological polar surface area (TPSA) is 37.6 Å². The predicted molar refractivity (Wildman–Crippen MR) is 128 cm³/mol. The van der Waals surface area contributed by atoms with Crippen molar-refractivity contribution >= 4 is 45.5 Å². The minimum absolute atomic E-state index is 0.0487. The van der Waals surface area contributed by atoms with Gasteiger partial charge in [0.1, 0.15) is 0 Å². The minimum atomic E-state index is 0.0487. The fourth-order valence-electron chi connectivity index (χ4n) is 3.63. The Balaban J connectivity index is 1.72. The fourth-order valence-corrected chi connectivity index (χ4v) is 4.64. The van der Waals surface area contributed by atoms with Crippen molar-refractivity contribution in [2.24, 2.45) is 4.99 Å². The van der Waals surface area contributed by atoms with Gasteiger partial charge in [-0.05, 0) is 56.3 Å². The average Bonchev–Trinajstić information content (AvgIpc) is 3.26. The Bertz CT molecular complexity index is 1130. The molecule has 0 saturated carbocycles. The standard InChI is InChI=1S/C25H27N3OS/c1-4-6-15-28-24(29)23(30-25(28)26-20-13-11-18(3)12-14-20)16-19-17-27(5-2)22-10-8-7-9-21(19)22/h7-14,16-17H,4-6,15H2,1-3H3/b23-16+,26-25?. The average molecular weight is 418 g/mol. The Kier molecular flexibility index (Phi) is 6.09. The Morgan fingerprint density at radius 2 is 1.83 bits per heavy atom. The SMILES string of the molecule is CCCCN1C(=O)/C(=C\c2cn(CC)c3ccccc23)SC1=Nc1ccc(C)cc1. The van der Waals surface area contributed by atoms with Gasteiger partial charge in [0.25, 0.3) is 5.91 Å². The summed E-state index contributed by atoms with van der Waals surface area (Å²) >= 11 is 1.47. The van der Waals surface area contributed by atoms with Crippen molar-refractivity contribution in [2.75, 3.05) is 6.54 Å². The van der Waals surface area contributed by atoms with E-state index < -0.39 is 0 Å². The number of carbonyl (C=O) groups is 1. The van der Waals surface area contributed by atoms with Crippen LogP contribution in [0.5, 0.6) is 0 Å². The molecule has 30 heavy (non-hydrogen) atoms. The molecule has 0 bridgehead atoms. The normalized spacial score (nSPS) is 17.0. The summed E-state index contributed by atoms with van der Waals surface area (Å²) in [5.41, 5.74) is 4.35. The van der Waals surface area contributed by atoms with E-state index in [2.05, 4.69) is 49.7 Å². The van der Waals surface area contributed by atoms with Crippen LogP contribution in [0.25, 0.3) is 17.0 Å². The zero-order chi connectivity index (χ0) is 21.1. The van der Waals surface area contributed by atoms with Crippen LogP contribution in [0.4, 0.5) is 5.69 Å². The monoisotopic (exact) mass is 417 g/mol. The van der Waals surface area contributed by atoms with E-state index in [9.17, 15) is 4.79 Å². The number of thioether (sulfide) groups is 1.